The van der Waals surface area contributed by atoms with Gasteiger partial charge in [-0.3, -0.25) is 4.79 Å². The van der Waals surface area contributed by atoms with E-state index in [9.17, 15) is 9.90 Å². The number of ketones is 1. The number of pyridine rings is 1. The molecule has 0 bridgehead atoms. The molecule has 0 amide bonds. The Labute approximate surface area is 277 Å². The number of aryl methyl sites for hydroxylation is 1. The van der Waals surface area contributed by atoms with E-state index in [1.165, 1.54) is 33.2 Å². The summed E-state index contributed by atoms with van der Waals surface area (Å²) in [5.41, 5.74) is 4.14. The summed E-state index contributed by atoms with van der Waals surface area (Å²) in [6, 6.07) is 17.0. The summed E-state index contributed by atoms with van der Waals surface area (Å²) >= 11 is 0. The van der Waals surface area contributed by atoms with Crippen LogP contribution in [0.5, 0.6) is 0 Å². The summed E-state index contributed by atoms with van der Waals surface area (Å²) in [6.45, 7) is 28.1. The van der Waals surface area contributed by atoms with Crippen molar-refractivity contribution in [1.29, 1.82) is 0 Å². The summed E-state index contributed by atoms with van der Waals surface area (Å²) < 4.78 is 0. The van der Waals surface area contributed by atoms with Crippen LogP contribution in [0.2, 0.25) is 19.6 Å². The number of rotatable bonds is 9. The Hall–Kier alpha value is -2.07. The van der Waals surface area contributed by atoms with Gasteiger partial charge in [0.05, 0.1) is 8.07 Å². The van der Waals surface area contributed by atoms with Crippen LogP contribution in [-0.4, -0.2) is 23.9 Å². The second-order valence-corrected chi connectivity index (χ2v) is 19.6. The van der Waals surface area contributed by atoms with Crippen molar-refractivity contribution in [3.63, 3.8) is 0 Å². The molecule has 5 heteroatoms. The summed E-state index contributed by atoms with van der Waals surface area (Å²) in [5, 5.41) is 14.1. The largest absolute Gasteiger partial charge is 0.512 e. The predicted octanol–water partition coefficient (Wildman–Crippen LogP) is 10.5. The van der Waals surface area contributed by atoms with Gasteiger partial charge in [-0.05, 0) is 53.6 Å². The maximum atomic E-state index is 12.2. The first-order chi connectivity index (χ1) is 19.3. The summed E-state index contributed by atoms with van der Waals surface area (Å²) in [4.78, 5) is 16.9. The topological polar surface area (TPSA) is 50.2 Å². The van der Waals surface area contributed by atoms with Crippen LogP contribution in [0.15, 0.2) is 54.4 Å². The maximum absolute atomic E-state index is 12.2. The molecule has 0 aliphatic carbocycles. The summed E-state index contributed by atoms with van der Waals surface area (Å²) in [7, 11) is -1.32. The van der Waals surface area contributed by atoms with Gasteiger partial charge < -0.3 is 10.1 Å². The third-order valence-corrected chi connectivity index (χ3v) is 11.4. The van der Waals surface area contributed by atoms with Crippen LogP contribution in [0.4, 0.5) is 0 Å². The molecular formula is C38H56IrNO2Si-. The Morgan fingerprint density at radius 2 is 1.44 bits per heavy atom. The predicted molar refractivity (Wildman–Crippen MR) is 186 cm³/mol. The fourth-order valence-corrected chi connectivity index (χ4v) is 5.99. The van der Waals surface area contributed by atoms with Gasteiger partial charge in [-0.15, -0.1) is 34.9 Å². The normalized spacial score (nSPS) is 12.8. The molecule has 1 radical (unpaired) electrons. The summed E-state index contributed by atoms with van der Waals surface area (Å²) in [6.07, 6.45) is 6.68. The van der Waals surface area contributed by atoms with Gasteiger partial charge in [0.15, 0.2) is 5.78 Å². The first kappa shape index (κ1) is 39.0. The van der Waals surface area contributed by atoms with Gasteiger partial charge in [-0.2, -0.15) is 0 Å². The van der Waals surface area contributed by atoms with E-state index in [1.807, 2.05) is 47.7 Å². The van der Waals surface area contributed by atoms with Crippen LogP contribution in [0.1, 0.15) is 99.1 Å². The van der Waals surface area contributed by atoms with Crippen molar-refractivity contribution < 1.29 is 30.0 Å². The van der Waals surface area contributed by atoms with Crippen LogP contribution < -0.4 is 5.19 Å². The quantitative estimate of drug-likeness (QED) is 0.102. The van der Waals surface area contributed by atoms with E-state index >= 15 is 0 Å². The van der Waals surface area contributed by atoms with Crippen molar-refractivity contribution in [2.75, 3.05) is 0 Å². The molecule has 0 unspecified atom stereocenters. The fourth-order valence-electron chi connectivity index (χ4n) is 4.82. The summed E-state index contributed by atoms with van der Waals surface area (Å²) in [5.74, 6) is 0.286. The number of allylic oxidation sites excluding steroid dienone is 2. The number of hydrogen-bond acceptors (Lipinski definition) is 3. The molecule has 2 aromatic carbocycles. The van der Waals surface area contributed by atoms with E-state index < -0.39 is 8.07 Å². The Bertz CT molecular complexity index is 1400. The van der Waals surface area contributed by atoms with Gasteiger partial charge in [0.1, 0.15) is 5.76 Å². The van der Waals surface area contributed by atoms with Gasteiger partial charge in [0, 0.05) is 43.2 Å². The van der Waals surface area contributed by atoms with E-state index in [0.717, 1.165) is 36.9 Å². The zero-order valence-electron chi connectivity index (χ0n) is 29.1. The number of nitrogens with zero attached hydrogens (tertiary/aromatic N) is 1. The number of fused-ring (bicyclic) bond motifs is 1. The van der Waals surface area contributed by atoms with Gasteiger partial charge >= 0.3 is 0 Å². The van der Waals surface area contributed by atoms with Crippen molar-refractivity contribution in [2.24, 2.45) is 10.8 Å². The van der Waals surface area contributed by atoms with Crippen molar-refractivity contribution >= 4 is 29.8 Å². The smallest absolute Gasteiger partial charge is 0.164 e. The number of carbonyl (C=O) groups excluding carboxylic acids is 1. The maximum Gasteiger partial charge on any atom is 0.164 e. The van der Waals surface area contributed by atoms with E-state index in [4.69, 9.17) is 4.98 Å². The van der Waals surface area contributed by atoms with Crippen LogP contribution >= 0.6 is 0 Å². The van der Waals surface area contributed by atoms with Crippen LogP contribution in [0, 0.1) is 23.8 Å². The molecule has 1 N–H and O–H groups in total. The number of hydrogen-bond donors (Lipinski definition) is 1. The Morgan fingerprint density at radius 3 is 1.93 bits per heavy atom. The minimum Gasteiger partial charge on any atom is -0.512 e. The Morgan fingerprint density at radius 1 is 0.884 bits per heavy atom. The second kappa shape index (κ2) is 15.3. The molecule has 239 valence electrons. The standard InChI is InChI=1S/C23H28NSi.C15H28O2.Ir/c1-16-12-18(14-19(13-16)23(2,3)4)22-21-9-8-20(25(5,6)7)15-17(21)10-11-24-22;1-7-14(5,8-2)12(16)11-13(17)15(6,9-3)10-4;/h8-11,13-15H,1-7H3;11,16H,7-10H2,1-6H3;/q-1;;/b;12-11-;. The molecule has 3 nitrogen and oxygen atoms in total. The molecule has 0 saturated carbocycles. The average molecular weight is 779 g/mol. The Balaban J connectivity index is 0.000000455. The van der Waals surface area contributed by atoms with Crippen LogP contribution in [0.25, 0.3) is 22.0 Å². The van der Waals surface area contributed by atoms with E-state index in [1.54, 1.807) is 0 Å². The van der Waals surface area contributed by atoms with Crippen molar-refractivity contribution in [3.8, 4) is 11.3 Å². The molecule has 43 heavy (non-hydrogen) atoms. The fraction of sp³-hybridized carbons (Fsp3) is 0.526. The molecule has 0 saturated heterocycles. The molecule has 1 aromatic heterocycles. The minimum atomic E-state index is -1.32. The zero-order valence-corrected chi connectivity index (χ0v) is 32.5. The molecule has 0 spiro atoms. The number of aliphatic hydroxyl groups is 1. The first-order valence-corrected chi connectivity index (χ1v) is 19.2. The Kier molecular flexibility index (Phi) is 13.8. The number of aliphatic hydroxyl groups excluding tert-OH is 1. The van der Waals surface area contributed by atoms with Crippen LogP contribution in [0.3, 0.4) is 0 Å². The molecule has 0 aliphatic heterocycles. The van der Waals surface area contributed by atoms with E-state index in [-0.39, 0.29) is 47.9 Å². The molecule has 3 aromatic rings. The number of carbonyl (C=O) groups is 1. The molecule has 0 fully saturated rings. The number of aromatic nitrogens is 1. The SMILES string of the molecule is CCC(C)(CC)C(=O)/C=C(\O)C(C)(CC)CC.Cc1[c-]c(-c2nccc3cc([Si](C)(C)C)ccc23)cc(C(C)(C)C)c1.[Ir]. The molecule has 0 atom stereocenters. The van der Waals surface area contributed by atoms with Crippen molar-refractivity contribution in [2.45, 2.75) is 120 Å². The molecular weight excluding hydrogens is 723 g/mol. The molecule has 1 heterocycles. The second-order valence-electron chi connectivity index (χ2n) is 14.5. The van der Waals surface area contributed by atoms with E-state index in [2.05, 4.69) is 89.8 Å². The van der Waals surface area contributed by atoms with E-state index in [0.29, 0.717) is 0 Å². The first-order valence-electron chi connectivity index (χ1n) is 15.7. The average Bonchev–Trinajstić information content (AvgIpc) is 2.94. The third-order valence-electron chi connectivity index (χ3n) is 9.36. The molecule has 0 aliphatic rings. The van der Waals surface area contributed by atoms with Crippen LogP contribution in [-0.2, 0) is 30.3 Å². The van der Waals surface area contributed by atoms with Gasteiger partial charge in [-0.1, -0.05) is 112 Å². The third kappa shape index (κ3) is 9.70. The van der Waals surface area contributed by atoms with Crippen molar-refractivity contribution in [1.82, 2.24) is 4.98 Å². The number of benzene rings is 2. The van der Waals surface area contributed by atoms with Gasteiger partial charge in [0.25, 0.3) is 0 Å². The monoisotopic (exact) mass is 779 g/mol. The van der Waals surface area contributed by atoms with Crippen molar-refractivity contribution in [3.05, 3.63) is 71.6 Å². The van der Waals surface area contributed by atoms with Gasteiger partial charge in [-0.25, -0.2) is 0 Å². The zero-order chi connectivity index (χ0) is 32.1. The molecule has 3 rings (SSSR count). The minimum absolute atomic E-state index is 0. The van der Waals surface area contributed by atoms with Gasteiger partial charge in [0.2, 0.25) is 0 Å².